The van der Waals surface area contributed by atoms with Crippen LogP contribution in [0.1, 0.15) is 22.6 Å². The summed E-state index contributed by atoms with van der Waals surface area (Å²) in [6.07, 6.45) is 9.04. The third-order valence-electron chi connectivity index (χ3n) is 3.95. The number of amides is 1. The predicted molar refractivity (Wildman–Crippen MR) is 84.7 cm³/mol. The highest BCUT2D eigenvalue weighted by atomic mass is 16.1. The van der Waals surface area contributed by atoms with E-state index in [1.54, 1.807) is 16.8 Å². The molecule has 0 aromatic carbocycles. The Morgan fingerprint density at radius 1 is 1.39 bits per heavy atom. The molecule has 23 heavy (non-hydrogen) atoms. The van der Waals surface area contributed by atoms with Gasteiger partial charge in [-0.25, -0.2) is 14.9 Å². The van der Waals surface area contributed by atoms with E-state index in [-0.39, 0.29) is 5.69 Å². The van der Waals surface area contributed by atoms with Crippen LogP contribution in [0.15, 0.2) is 36.7 Å². The van der Waals surface area contributed by atoms with Crippen LogP contribution in [-0.2, 0) is 0 Å². The summed E-state index contributed by atoms with van der Waals surface area (Å²) < 4.78 is 1.64. The number of aromatic nitrogens is 3. The van der Waals surface area contributed by atoms with E-state index in [9.17, 15) is 4.79 Å². The van der Waals surface area contributed by atoms with Crippen molar-refractivity contribution in [3.63, 3.8) is 0 Å². The fourth-order valence-electron chi connectivity index (χ4n) is 2.75. The average Bonchev–Trinajstić information content (AvgIpc) is 3.23. The number of nitrogens with zero attached hydrogens (tertiary/aromatic N) is 5. The van der Waals surface area contributed by atoms with Gasteiger partial charge in [-0.15, -0.1) is 0 Å². The molecule has 1 fully saturated rings. The predicted octanol–water partition coefficient (Wildman–Crippen LogP) is 0.166. The van der Waals surface area contributed by atoms with E-state index in [4.69, 9.17) is 5.73 Å². The molecule has 2 aromatic rings. The highest BCUT2D eigenvalue weighted by molar-refractivity contribution is 5.91. The van der Waals surface area contributed by atoms with Crippen molar-refractivity contribution in [2.45, 2.75) is 6.42 Å². The Kier molecular flexibility index (Phi) is 3.32. The first-order valence-electron chi connectivity index (χ1n) is 7.53. The summed E-state index contributed by atoms with van der Waals surface area (Å²) in [7, 11) is 0. The molecule has 3 N–H and O–H groups in total. The molecule has 4 heterocycles. The minimum Gasteiger partial charge on any atom is -0.364 e. The zero-order valence-electron chi connectivity index (χ0n) is 12.5. The fraction of sp³-hybridized carbons (Fsp3) is 0.267. The Labute approximate surface area is 132 Å². The molecule has 2 aliphatic rings. The van der Waals surface area contributed by atoms with Crippen molar-refractivity contribution in [1.29, 1.82) is 0 Å². The topological polar surface area (TPSA) is 91.8 Å². The van der Waals surface area contributed by atoms with Crippen molar-refractivity contribution in [1.82, 2.24) is 30.2 Å². The van der Waals surface area contributed by atoms with Gasteiger partial charge in [0.05, 0.1) is 12.2 Å². The first-order valence-corrected chi connectivity index (χ1v) is 7.53. The van der Waals surface area contributed by atoms with E-state index < -0.39 is 5.91 Å². The largest absolute Gasteiger partial charge is 0.364 e. The quantitative estimate of drug-likeness (QED) is 0.839. The van der Waals surface area contributed by atoms with Crippen molar-refractivity contribution >= 4 is 17.1 Å². The summed E-state index contributed by atoms with van der Waals surface area (Å²) in [5.41, 5.74) is 11.3. The van der Waals surface area contributed by atoms with Crippen LogP contribution in [0.3, 0.4) is 0 Å². The molecule has 2 aliphatic heterocycles. The van der Waals surface area contributed by atoms with Gasteiger partial charge in [0.15, 0.2) is 5.65 Å². The second-order valence-electron chi connectivity index (χ2n) is 5.49. The van der Waals surface area contributed by atoms with Crippen molar-refractivity contribution in [3.05, 3.63) is 48.1 Å². The number of nitrogens with two attached hydrogens (primary N) is 1. The number of hydrogen-bond donors (Lipinski definition) is 2. The average molecular weight is 311 g/mol. The Morgan fingerprint density at radius 3 is 3.00 bits per heavy atom. The fourth-order valence-corrected chi connectivity index (χ4v) is 2.75. The van der Waals surface area contributed by atoms with Crippen LogP contribution in [0.4, 0.5) is 0 Å². The van der Waals surface area contributed by atoms with Gasteiger partial charge in [-0.2, -0.15) is 10.2 Å². The van der Waals surface area contributed by atoms with Crippen LogP contribution >= 0.6 is 0 Å². The lowest BCUT2D eigenvalue weighted by Crippen LogP contribution is -2.44. The normalized spacial score (nSPS) is 18.6. The van der Waals surface area contributed by atoms with Gasteiger partial charge < -0.3 is 5.73 Å². The molecular weight excluding hydrogens is 294 g/mol. The smallest absolute Gasteiger partial charge is 0.267 e. The number of fused-ring (bicyclic) bond motifs is 1. The molecule has 0 unspecified atom stereocenters. The molecule has 0 radical (unpaired) electrons. The maximum Gasteiger partial charge on any atom is 0.267 e. The van der Waals surface area contributed by atoms with Crippen LogP contribution in [0.5, 0.6) is 0 Å². The molecule has 0 spiro atoms. The van der Waals surface area contributed by atoms with Gasteiger partial charge in [0.1, 0.15) is 5.69 Å². The molecule has 8 heteroatoms. The third-order valence-corrected chi connectivity index (χ3v) is 3.95. The van der Waals surface area contributed by atoms with E-state index >= 15 is 0 Å². The summed E-state index contributed by atoms with van der Waals surface area (Å²) in [6.45, 7) is 2.82. The van der Waals surface area contributed by atoms with Crippen LogP contribution in [0, 0.1) is 0 Å². The molecule has 0 aliphatic carbocycles. The van der Waals surface area contributed by atoms with E-state index in [1.165, 1.54) is 0 Å². The number of hydrazine groups is 2. The zero-order valence-corrected chi connectivity index (χ0v) is 12.5. The molecule has 1 saturated heterocycles. The molecule has 0 atom stereocenters. The lowest BCUT2D eigenvalue weighted by molar-refractivity contribution is 0.0107. The number of primary amides is 1. The Bertz CT molecular complexity index is 816. The van der Waals surface area contributed by atoms with Crippen molar-refractivity contribution in [3.8, 4) is 0 Å². The number of carbonyl (C=O) groups is 1. The van der Waals surface area contributed by atoms with E-state index in [2.05, 4.69) is 31.7 Å². The van der Waals surface area contributed by atoms with Crippen LogP contribution < -0.4 is 11.2 Å². The van der Waals surface area contributed by atoms with E-state index in [0.29, 0.717) is 5.65 Å². The Morgan fingerprint density at radius 2 is 2.30 bits per heavy atom. The number of carbonyl (C=O) groups excluding carboxylic acids is 1. The second kappa shape index (κ2) is 5.49. The monoisotopic (exact) mass is 311 g/mol. The third kappa shape index (κ3) is 2.58. The maximum absolute atomic E-state index is 11.2. The van der Waals surface area contributed by atoms with E-state index in [1.807, 2.05) is 18.3 Å². The number of hydrogen-bond acceptors (Lipinski definition) is 6. The summed E-state index contributed by atoms with van der Waals surface area (Å²) >= 11 is 0. The Balaban J connectivity index is 1.57. The SMILES string of the molecule is NC(=O)c1ccn2nc(C3=CCN(N4CCCN4)C=C3)cc2n1. The summed E-state index contributed by atoms with van der Waals surface area (Å²) in [5, 5.41) is 8.75. The minimum atomic E-state index is -0.541. The molecular formula is C15H17N7O. The van der Waals surface area contributed by atoms with Gasteiger partial charge in [0.2, 0.25) is 0 Å². The number of allylic oxidation sites excluding steroid dienone is 2. The van der Waals surface area contributed by atoms with Crippen LogP contribution in [-0.4, -0.2) is 50.3 Å². The number of rotatable bonds is 3. The summed E-state index contributed by atoms with van der Waals surface area (Å²) in [5.74, 6) is -0.541. The first-order chi connectivity index (χ1) is 11.2. The van der Waals surface area contributed by atoms with Gasteiger partial charge in [-0.1, -0.05) is 6.08 Å². The minimum absolute atomic E-state index is 0.239. The van der Waals surface area contributed by atoms with Gasteiger partial charge in [0, 0.05) is 37.1 Å². The Hall–Kier alpha value is -2.71. The lowest BCUT2D eigenvalue weighted by Gasteiger charge is -2.31. The molecule has 2 aromatic heterocycles. The second-order valence-corrected chi connectivity index (χ2v) is 5.49. The molecule has 0 bridgehead atoms. The zero-order chi connectivity index (χ0) is 15.8. The van der Waals surface area contributed by atoms with Gasteiger partial charge in [0.25, 0.3) is 5.91 Å². The first kappa shape index (κ1) is 13.9. The molecule has 118 valence electrons. The molecule has 1 amide bonds. The van der Waals surface area contributed by atoms with Gasteiger partial charge >= 0.3 is 0 Å². The van der Waals surface area contributed by atoms with Crippen LogP contribution in [0.25, 0.3) is 11.2 Å². The molecule has 4 rings (SSSR count). The van der Waals surface area contributed by atoms with Crippen molar-refractivity contribution in [2.75, 3.05) is 19.6 Å². The van der Waals surface area contributed by atoms with Gasteiger partial charge in [-0.3, -0.25) is 9.80 Å². The summed E-state index contributed by atoms with van der Waals surface area (Å²) in [6, 6.07) is 3.42. The highest BCUT2D eigenvalue weighted by Crippen LogP contribution is 2.20. The lowest BCUT2D eigenvalue weighted by atomic mass is 10.1. The molecule has 8 nitrogen and oxygen atoms in total. The van der Waals surface area contributed by atoms with Gasteiger partial charge in [-0.05, 0) is 18.6 Å². The summed E-state index contributed by atoms with van der Waals surface area (Å²) in [4.78, 5) is 15.4. The van der Waals surface area contributed by atoms with Crippen LogP contribution in [0.2, 0.25) is 0 Å². The van der Waals surface area contributed by atoms with Crippen molar-refractivity contribution < 1.29 is 4.79 Å². The van der Waals surface area contributed by atoms with E-state index in [0.717, 1.165) is 37.3 Å². The highest BCUT2D eigenvalue weighted by Gasteiger charge is 2.18. The number of nitrogens with one attached hydrogen (secondary N) is 1. The maximum atomic E-state index is 11.2. The molecule has 0 saturated carbocycles. The van der Waals surface area contributed by atoms with Crippen molar-refractivity contribution in [2.24, 2.45) is 5.73 Å². The standard InChI is InChI=1S/C15H17N7O/c16-15(23)12-4-9-21-14(18-12)10-13(19-21)11-2-7-20(8-3-11)22-6-1-5-17-22/h2-4,7,9-10,17H,1,5-6,8H2,(H2,16,23).